The Balaban J connectivity index is 1.85. The van der Waals surface area contributed by atoms with Crippen LogP contribution in [0.2, 0.25) is 0 Å². The molecule has 0 bridgehead atoms. The van der Waals surface area contributed by atoms with Crippen molar-refractivity contribution in [3.8, 4) is 11.9 Å². The summed E-state index contributed by atoms with van der Waals surface area (Å²) in [6.07, 6.45) is 3.20. The zero-order valence-electron chi connectivity index (χ0n) is 15.3. The summed E-state index contributed by atoms with van der Waals surface area (Å²) in [7, 11) is 3.92. The van der Waals surface area contributed by atoms with Gasteiger partial charge in [-0.3, -0.25) is 0 Å². The molecule has 1 aromatic carbocycles. The smallest absolute Gasteiger partial charge is 0.253 e. The number of hydrogen-bond acceptors (Lipinski definition) is 7. The SMILES string of the molecule is C[C@@H](CN(C)C)Oc1nc(Nc2cc3cccc(I)c3cn2)cnc1C#N. The van der Waals surface area contributed by atoms with Crippen LogP contribution in [0.15, 0.2) is 36.7 Å². The fourth-order valence-electron chi connectivity index (χ4n) is 2.67. The third-order valence-corrected chi connectivity index (χ3v) is 4.69. The van der Waals surface area contributed by atoms with E-state index in [9.17, 15) is 5.26 Å². The molecule has 0 saturated heterocycles. The Bertz CT molecular complexity index is 1000. The summed E-state index contributed by atoms with van der Waals surface area (Å²) in [5.74, 6) is 1.33. The molecule has 2 heterocycles. The summed E-state index contributed by atoms with van der Waals surface area (Å²) in [6, 6.07) is 10.1. The van der Waals surface area contributed by atoms with Crippen molar-refractivity contribution in [2.24, 2.45) is 0 Å². The van der Waals surface area contributed by atoms with Crippen LogP contribution in [-0.4, -0.2) is 46.6 Å². The Kier molecular flexibility index (Phi) is 6.03. The number of nitriles is 1. The first kappa shape index (κ1) is 19.3. The van der Waals surface area contributed by atoms with Crippen molar-refractivity contribution in [3.63, 3.8) is 0 Å². The summed E-state index contributed by atoms with van der Waals surface area (Å²) in [6.45, 7) is 2.63. The number of ether oxygens (including phenoxy) is 1. The second kappa shape index (κ2) is 8.45. The lowest BCUT2D eigenvalue weighted by Gasteiger charge is -2.18. The summed E-state index contributed by atoms with van der Waals surface area (Å²) in [5, 5.41) is 14.6. The third kappa shape index (κ3) is 4.81. The molecule has 2 aromatic heterocycles. The largest absolute Gasteiger partial charge is 0.471 e. The van der Waals surface area contributed by atoms with Gasteiger partial charge in [0.25, 0.3) is 5.88 Å². The minimum Gasteiger partial charge on any atom is -0.471 e. The van der Waals surface area contributed by atoms with Crippen LogP contribution in [0.3, 0.4) is 0 Å². The minimum absolute atomic E-state index is 0.127. The number of rotatable bonds is 6. The highest BCUT2D eigenvalue weighted by atomic mass is 127. The van der Waals surface area contributed by atoms with Gasteiger partial charge in [-0.15, -0.1) is 0 Å². The summed E-state index contributed by atoms with van der Waals surface area (Å²) < 4.78 is 6.96. The Hall–Kier alpha value is -2.51. The van der Waals surface area contributed by atoms with Gasteiger partial charge in [-0.1, -0.05) is 12.1 Å². The summed E-state index contributed by atoms with van der Waals surface area (Å²) >= 11 is 2.29. The van der Waals surface area contributed by atoms with E-state index in [1.165, 1.54) is 6.20 Å². The number of aromatic nitrogens is 3. The van der Waals surface area contributed by atoms with Gasteiger partial charge in [0.15, 0.2) is 5.82 Å². The quantitative estimate of drug-likeness (QED) is 0.547. The maximum Gasteiger partial charge on any atom is 0.253 e. The molecular formula is C19H19IN6O. The predicted molar refractivity (Wildman–Crippen MR) is 113 cm³/mol. The number of anilines is 2. The molecule has 3 rings (SSSR count). The van der Waals surface area contributed by atoms with Crippen LogP contribution >= 0.6 is 22.6 Å². The van der Waals surface area contributed by atoms with Crippen molar-refractivity contribution < 1.29 is 4.74 Å². The van der Waals surface area contributed by atoms with E-state index in [1.807, 2.05) is 62.5 Å². The van der Waals surface area contributed by atoms with E-state index in [2.05, 4.69) is 42.9 Å². The second-order valence-electron chi connectivity index (χ2n) is 6.37. The number of fused-ring (bicyclic) bond motifs is 1. The van der Waals surface area contributed by atoms with Crippen LogP contribution < -0.4 is 10.1 Å². The average molecular weight is 474 g/mol. The first-order valence-corrected chi connectivity index (χ1v) is 9.44. The molecule has 138 valence electrons. The molecule has 1 atom stereocenters. The van der Waals surface area contributed by atoms with Gasteiger partial charge >= 0.3 is 0 Å². The molecule has 0 aliphatic carbocycles. The third-order valence-electron chi connectivity index (χ3n) is 3.75. The Morgan fingerprint density at radius 2 is 2.07 bits per heavy atom. The minimum atomic E-state index is -0.127. The topological polar surface area (TPSA) is 87.0 Å². The van der Waals surface area contributed by atoms with Crippen molar-refractivity contribution in [2.75, 3.05) is 26.0 Å². The van der Waals surface area contributed by atoms with Gasteiger partial charge in [0, 0.05) is 21.7 Å². The monoisotopic (exact) mass is 474 g/mol. The molecule has 8 heteroatoms. The zero-order valence-corrected chi connectivity index (χ0v) is 17.4. The van der Waals surface area contributed by atoms with Gasteiger partial charge in [-0.2, -0.15) is 10.2 Å². The number of nitrogens with zero attached hydrogens (tertiary/aromatic N) is 5. The van der Waals surface area contributed by atoms with E-state index in [1.54, 1.807) is 0 Å². The lowest BCUT2D eigenvalue weighted by Crippen LogP contribution is -2.28. The fraction of sp³-hybridized carbons (Fsp3) is 0.263. The molecule has 27 heavy (non-hydrogen) atoms. The molecule has 0 amide bonds. The maximum absolute atomic E-state index is 9.26. The normalized spacial score (nSPS) is 12.0. The van der Waals surface area contributed by atoms with E-state index in [0.29, 0.717) is 18.2 Å². The van der Waals surface area contributed by atoms with E-state index in [4.69, 9.17) is 4.74 Å². The van der Waals surface area contributed by atoms with Gasteiger partial charge in [0.2, 0.25) is 5.69 Å². The van der Waals surface area contributed by atoms with Crippen molar-refractivity contribution in [1.82, 2.24) is 19.9 Å². The Labute approximate surface area is 171 Å². The van der Waals surface area contributed by atoms with Crippen molar-refractivity contribution in [3.05, 3.63) is 45.9 Å². The second-order valence-corrected chi connectivity index (χ2v) is 7.53. The van der Waals surface area contributed by atoms with E-state index in [0.717, 1.165) is 14.3 Å². The molecule has 7 nitrogen and oxygen atoms in total. The van der Waals surface area contributed by atoms with Crippen molar-refractivity contribution in [2.45, 2.75) is 13.0 Å². The molecule has 0 fully saturated rings. The van der Waals surface area contributed by atoms with Gasteiger partial charge in [-0.25, -0.2) is 9.97 Å². The average Bonchev–Trinajstić information content (AvgIpc) is 2.61. The summed E-state index contributed by atoms with van der Waals surface area (Å²) in [4.78, 5) is 15.0. The standard InChI is InChI=1S/C19H19IN6O/c1-12(11-26(2)3)27-19-16(8-21)22-10-18(25-19)24-17-7-13-5-4-6-15(20)14(13)9-23-17/h4-7,9-10,12H,11H2,1-3H3,(H,23,24,25)/t12-/m0/s1. The predicted octanol–water partition coefficient (Wildman–Crippen LogP) is 3.57. The van der Waals surface area contributed by atoms with Crippen LogP contribution in [0.25, 0.3) is 10.8 Å². The molecule has 0 unspecified atom stereocenters. The molecule has 3 aromatic rings. The van der Waals surface area contributed by atoms with Gasteiger partial charge in [0.05, 0.1) is 6.20 Å². The highest BCUT2D eigenvalue weighted by Crippen LogP contribution is 2.24. The lowest BCUT2D eigenvalue weighted by molar-refractivity contribution is 0.169. The van der Waals surface area contributed by atoms with Crippen LogP contribution in [0, 0.1) is 14.9 Å². The maximum atomic E-state index is 9.26. The zero-order chi connectivity index (χ0) is 19.4. The molecule has 0 spiro atoms. The lowest BCUT2D eigenvalue weighted by atomic mass is 10.2. The number of nitrogens with one attached hydrogen (secondary N) is 1. The Morgan fingerprint density at radius 1 is 1.26 bits per heavy atom. The van der Waals surface area contributed by atoms with Crippen molar-refractivity contribution in [1.29, 1.82) is 5.26 Å². The first-order chi connectivity index (χ1) is 13.0. The number of benzene rings is 1. The highest BCUT2D eigenvalue weighted by Gasteiger charge is 2.14. The van der Waals surface area contributed by atoms with Crippen LogP contribution in [-0.2, 0) is 0 Å². The van der Waals surface area contributed by atoms with Gasteiger partial charge < -0.3 is 15.0 Å². The first-order valence-electron chi connectivity index (χ1n) is 8.36. The molecule has 0 radical (unpaired) electrons. The number of pyridine rings is 1. The Morgan fingerprint density at radius 3 is 2.81 bits per heavy atom. The number of hydrogen-bond donors (Lipinski definition) is 1. The van der Waals surface area contributed by atoms with Gasteiger partial charge in [-0.05, 0) is 61.1 Å². The van der Waals surface area contributed by atoms with E-state index in [-0.39, 0.29) is 17.7 Å². The number of likely N-dealkylation sites (N-methyl/N-ethyl adjacent to an activating group) is 1. The van der Waals surface area contributed by atoms with Crippen LogP contribution in [0.4, 0.5) is 11.6 Å². The van der Waals surface area contributed by atoms with Gasteiger partial charge in [0.1, 0.15) is 18.0 Å². The summed E-state index contributed by atoms with van der Waals surface area (Å²) in [5.41, 5.74) is 0.159. The molecule has 0 saturated carbocycles. The van der Waals surface area contributed by atoms with E-state index < -0.39 is 0 Å². The molecule has 0 aliphatic rings. The highest BCUT2D eigenvalue weighted by molar-refractivity contribution is 14.1. The van der Waals surface area contributed by atoms with Crippen molar-refractivity contribution >= 4 is 45.0 Å². The fourth-order valence-corrected chi connectivity index (χ4v) is 3.33. The molecule has 0 aliphatic heterocycles. The van der Waals surface area contributed by atoms with Crippen LogP contribution in [0.1, 0.15) is 12.6 Å². The number of halogens is 1. The van der Waals surface area contributed by atoms with E-state index >= 15 is 0 Å². The van der Waals surface area contributed by atoms with Crippen LogP contribution in [0.5, 0.6) is 5.88 Å². The molecular weight excluding hydrogens is 455 g/mol. The molecule has 1 N–H and O–H groups in total.